The molecule has 1 aromatic rings. The average molecular weight is 302 g/mol. The summed E-state index contributed by atoms with van der Waals surface area (Å²) in [6.45, 7) is 6.90. The minimum Gasteiger partial charge on any atom is -0.314 e. The summed E-state index contributed by atoms with van der Waals surface area (Å²) in [6.07, 6.45) is 1.15. The maximum atomic E-state index is 12.8. The summed E-state index contributed by atoms with van der Waals surface area (Å²) in [5, 5.41) is 3.24. The van der Waals surface area contributed by atoms with Crippen molar-refractivity contribution in [3.8, 4) is 0 Å². The molecule has 0 spiro atoms. The number of hydrogen-bond acceptors (Lipinski definition) is 3. The van der Waals surface area contributed by atoms with E-state index in [1.54, 1.807) is 12.1 Å². The zero-order chi connectivity index (χ0) is 15.4. The van der Waals surface area contributed by atoms with Gasteiger partial charge in [-0.3, -0.25) is 0 Å². The lowest BCUT2D eigenvalue weighted by Crippen LogP contribution is -2.50. The van der Waals surface area contributed by atoms with Gasteiger partial charge in [-0.05, 0) is 37.5 Å². The first-order valence-corrected chi connectivity index (χ1v) is 8.43. The van der Waals surface area contributed by atoms with Crippen LogP contribution in [0, 0.1) is 5.82 Å². The van der Waals surface area contributed by atoms with E-state index in [1.807, 2.05) is 20.8 Å². The fraction of sp³-hybridized carbons (Fsp3) is 0.571. The van der Waals surface area contributed by atoms with Crippen LogP contribution in [0.4, 0.5) is 4.39 Å². The quantitative estimate of drug-likeness (QED) is 0.808. The molecule has 0 radical (unpaired) electrons. The molecule has 114 valence electrons. The van der Waals surface area contributed by atoms with Gasteiger partial charge < -0.3 is 5.32 Å². The Labute approximate surface area is 120 Å². The Balaban J connectivity index is 2.45. The highest BCUT2D eigenvalue weighted by Crippen LogP contribution is 2.14. The van der Waals surface area contributed by atoms with E-state index in [1.165, 1.54) is 12.1 Å². The number of rotatable bonds is 7. The fourth-order valence-electron chi connectivity index (χ4n) is 2.05. The molecule has 0 amide bonds. The Morgan fingerprint density at radius 2 is 1.80 bits per heavy atom. The summed E-state index contributed by atoms with van der Waals surface area (Å²) in [6, 6.07) is 6.42. The van der Waals surface area contributed by atoms with Gasteiger partial charge in [0, 0.05) is 18.6 Å². The molecular formula is C14H23FN2O2S. The lowest BCUT2D eigenvalue weighted by molar-refractivity contribution is 0.416. The highest BCUT2D eigenvalue weighted by atomic mass is 32.2. The third-order valence-electron chi connectivity index (χ3n) is 2.92. The van der Waals surface area contributed by atoms with Gasteiger partial charge in [-0.25, -0.2) is 17.5 Å². The Kier molecular flexibility index (Phi) is 5.68. The van der Waals surface area contributed by atoms with E-state index < -0.39 is 15.6 Å². The van der Waals surface area contributed by atoms with Gasteiger partial charge in [-0.2, -0.15) is 0 Å². The van der Waals surface area contributed by atoms with Gasteiger partial charge in [-0.1, -0.05) is 19.1 Å². The molecule has 0 heterocycles. The molecule has 0 unspecified atom stereocenters. The summed E-state index contributed by atoms with van der Waals surface area (Å²) < 4.78 is 37.9. The third-order valence-corrected chi connectivity index (χ3v) is 3.84. The highest BCUT2D eigenvalue weighted by molar-refractivity contribution is 7.88. The van der Waals surface area contributed by atoms with Gasteiger partial charge >= 0.3 is 0 Å². The summed E-state index contributed by atoms with van der Waals surface area (Å²) in [5.74, 6) is -0.0166. The van der Waals surface area contributed by atoms with Crippen molar-refractivity contribution in [2.24, 2.45) is 0 Å². The molecule has 1 aromatic carbocycles. The van der Waals surface area contributed by atoms with E-state index in [4.69, 9.17) is 0 Å². The van der Waals surface area contributed by atoms with Crippen LogP contribution in [0.2, 0.25) is 0 Å². The number of halogens is 1. The highest BCUT2D eigenvalue weighted by Gasteiger charge is 2.21. The van der Waals surface area contributed by atoms with Gasteiger partial charge in [0.05, 0.1) is 6.26 Å². The van der Waals surface area contributed by atoms with Gasteiger partial charge in [0.1, 0.15) is 5.82 Å². The Morgan fingerprint density at radius 3 is 2.30 bits per heavy atom. The molecular weight excluding hydrogens is 279 g/mol. The number of benzene rings is 1. The maximum absolute atomic E-state index is 12.8. The molecule has 0 aromatic heterocycles. The van der Waals surface area contributed by atoms with Crippen LogP contribution in [0.25, 0.3) is 0 Å². The van der Waals surface area contributed by atoms with Crippen molar-refractivity contribution in [1.82, 2.24) is 10.0 Å². The minimum absolute atomic E-state index is 0.227. The van der Waals surface area contributed by atoms with Crippen LogP contribution in [-0.4, -0.2) is 33.3 Å². The van der Waals surface area contributed by atoms with Gasteiger partial charge in [0.2, 0.25) is 10.0 Å². The molecule has 2 N–H and O–H groups in total. The minimum atomic E-state index is -3.22. The van der Waals surface area contributed by atoms with E-state index >= 15 is 0 Å². The van der Waals surface area contributed by atoms with Crippen LogP contribution in [0.3, 0.4) is 0 Å². The second-order valence-corrected chi connectivity index (χ2v) is 7.59. The van der Waals surface area contributed by atoms with E-state index in [2.05, 4.69) is 10.0 Å². The third kappa shape index (κ3) is 6.45. The normalized spacial score (nSPS) is 14.2. The van der Waals surface area contributed by atoms with E-state index in [-0.39, 0.29) is 11.7 Å². The molecule has 1 atom stereocenters. The van der Waals surface area contributed by atoms with Gasteiger partial charge in [0.15, 0.2) is 0 Å². The Bertz CT molecular complexity index is 527. The molecule has 0 saturated carbocycles. The average Bonchev–Trinajstić information content (AvgIpc) is 2.26. The lowest BCUT2D eigenvalue weighted by atomic mass is 10.0. The van der Waals surface area contributed by atoms with Gasteiger partial charge in [-0.15, -0.1) is 0 Å². The van der Waals surface area contributed by atoms with E-state index in [0.29, 0.717) is 13.1 Å². The molecule has 4 nitrogen and oxygen atoms in total. The van der Waals surface area contributed by atoms with Crippen molar-refractivity contribution in [3.05, 3.63) is 35.6 Å². The van der Waals surface area contributed by atoms with Crippen molar-refractivity contribution in [2.75, 3.05) is 19.3 Å². The molecule has 0 aliphatic heterocycles. The van der Waals surface area contributed by atoms with Crippen LogP contribution in [0.15, 0.2) is 24.3 Å². The summed E-state index contributed by atoms with van der Waals surface area (Å²) >= 11 is 0. The second-order valence-electron chi connectivity index (χ2n) is 5.84. The second kappa shape index (κ2) is 6.65. The van der Waals surface area contributed by atoms with Crippen LogP contribution in [0.5, 0.6) is 0 Å². The summed E-state index contributed by atoms with van der Waals surface area (Å²) in [4.78, 5) is 0. The molecule has 0 aliphatic rings. The number of sulfonamides is 1. The van der Waals surface area contributed by atoms with Crippen molar-refractivity contribution in [3.63, 3.8) is 0 Å². The molecule has 0 bridgehead atoms. The summed E-state index contributed by atoms with van der Waals surface area (Å²) in [7, 11) is -3.22. The van der Waals surface area contributed by atoms with Crippen molar-refractivity contribution >= 4 is 10.0 Å². The molecule has 0 fully saturated rings. The van der Waals surface area contributed by atoms with Crippen LogP contribution in [0.1, 0.15) is 32.3 Å². The smallest absolute Gasteiger partial charge is 0.209 e. The fourth-order valence-corrected chi connectivity index (χ4v) is 3.12. The SMILES string of the molecule is C[C@@H](CNCC(C)(C)NS(C)(=O)=O)c1ccc(F)cc1. The first kappa shape index (κ1) is 17.1. The number of nitrogens with one attached hydrogen (secondary N) is 2. The van der Waals surface area contributed by atoms with Crippen molar-refractivity contribution < 1.29 is 12.8 Å². The van der Waals surface area contributed by atoms with Crippen LogP contribution in [-0.2, 0) is 10.0 Å². The molecule has 0 aliphatic carbocycles. The largest absolute Gasteiger partial charge is 0.314 e. The molecule has 1 rings (SSSR count). The van der Waals surface area contributed by atoms with Crippen LogP contribution >= 0.6 is 0 Å². The monoisotopic (exact) mass is 302 g/mol. The predicted octanol–water partition coefficient (Wildman–Crippen LogP) is 1.85. The van der Waals surface area contributed by atoms with Gasteiger partial charge in [0.25, 0.3) is 0 Å². The predicted molar refractivity (Wildman–Crippen MR) is 79.7 cm³/mol. The molecule has 0 saturated heterocycles. The first-order chi connectivity index (χ1) is 9.09. The van der Waals surface area contributed by atoms with Crippen molar-refractivity contribution in [1.29, 1.82) is 0 Å². The van der Waals surface area contributed by atoms with E-state index in [0.717, 1.165) is 11.8 Å². The molecule has 6 heteroatoms. The van der Waals surface area contributed by atoms with E-state index in [9.17, 15) is 12.8 Å². The van der Waals surface area contributed by atoms with Crippen molar-refractivity contribution in [2.45, 2.75) is 32.2 Å². The molecule has 20 heavy (non-hydrogen) atoms. The standard InChI is InChI=1S/C14H23FN2O2S/c1-11(12-5-7-13(15)8-6-12)9-16-10-14(2,3)17-20(4,18)19/h5-8,11,16-17H,9-10H2,1-4H3/t11-/m0/s1. The van der Waals surface area contributed by atoms with Crippen LogP contribution < -0.4 is 10.0 Å². The lowest BCUT2D eigenvalue weighted by Gasteiger charge is -2.26. The zero-order valence-electron chi connectivity index (χ0n) is 12.4. The zero-order valence-corrected chi connectivity index (χ0v) is 13.2. The first-order valence-electron chi connectivity index (χ1n) is 6.54. The summed E-state index contributed by atoms with van der Waals surface area (Å²) in [5.41, 5.74) is 0.503. The Morgan fingerprint density at radius 1 is 1.25 bits per heavy atom. The topological polar surface area (TPSA) is 58.2 Å². The maximum Gasteiger partial charge on any atom is 0.209 e. The number of hydrogen-bond donors (Lipinski definition) is 2. The Hall–Kier alpha value is -0.980.